The van der Waals surface area contributed by atoms with E-state index in [1.54, 1.807) is 0 Å². The van der Waals surface area contributed by atoms with Gasteiger partial charge in [0.2, 0.25) is 0 Å². The number of rotatable bonds is 4. The molecule has 0 unspecified atom stereocenters. The van der Waals surface area contributed by atoms with Gasteiger partial charge in [-0.3, -0.25) is 0 Å². The van der Waals surface area contributed by atoms with Gasteiger partial charge in [0.15, 0.2) is 0 Å². The number of hydrogen-bond donors (Lipinski definition) is 1. The van der Waals surface area contributed by atoms with Crippen LogP contribution in [-0.4, -0.2) is 0 Å². The van der Waals surface area contributed by atoms with E-state index in [1.807, 2.05) is 37.3 Å². The van der Waals surface area contributed by atoms with Gasteiger partial charge in [0.1, 0.15) is 11.5 Å². The van der Waals surface area contributed by atoms with E-state index < -0.39 is 0 Å². The smallest absolute Gasteiger partial charge is 0.141 e. The highest BCUT2D eigenvalue weighted by Gasteiger charge is 2.12. The fourth-order valence-corrected chi connectivity index (χ4v) is 3.04. The molecule has 0 aromatic heterocycles. The Morgan fingerprint density at radius 1 is 1.19 bits per heavy atom. The fourth-order valence-electron chi connectivity index (χ4n) is 2.09. The van der Waals surface area contributed by atoms with Gasteiger partial charge in [-0.2, -0.15) is 0 Å². The number of halogens is 2. The molecule has 0 saturated carbocycles. The standard InChI is InChI=1S/C17H19BrClNO/c1-10(2)13-8-17(11(3)6-15(13)19)21-16-5-4-12(9-20)7-14(16)18/h4-8,10H,9,20H2,1-3H3. The van der Waals surface area contributed by atoms with E-state index in [4.69, 9.17) is 22.1 Å². The maximum Gasteiger partial charge on any atom is 0.141 e. The summed E-state index contributed by atoms with van der Waals surface area (Å²) in [5.41, 5.74) is 8.80. The Kier molecular flexibility index (Phi) is 5.31. The lowest BCUT2D eigenvalue weighted by molar-refractivity contribution is 0.474. The molecule has 0 aliphatic rings. The molecule has 0 aliphatic heterocycles. The second-order valence-corrected chi connectivity index (χ2v) is 6.63. The molecular formula is C17H19BrClNO. The first kappa shape index (κ1) is 16.3. The van der Waals surface area contributed by atoms with Crippen LogP contribution in [0.5, 0.6) is 11.5 Å². The lowest BCUT2D eigenvalue weighted by Gasteiger charge is -2.15. The van der Waals surface area contributed by atoms with Gasteiger partial charge in [0.05, 0.1) is 4.47 Å². The largest absolute Gasteiger partial charge is 0.456 e. The summed E-state index contributed by atoms with van der Waals surface area (Å²) in [5.74, 6) is 1.94. The predicted molar refractivity (Wildman–Crippen MR) is 92.4 cm³/mol. The minimum atomic E-state index is 0.350. The van der Waals surface area contributed by atoms with Gasteiger partial charge in [0.25, 0.3) is 0 Å². The number of hydrogen-bond acceptors (Lipinski definition) is 2. The zero-order chi connectivity index (χ0) is 15.6. The minimum Gasteiger partial charge on any atom is -0.456 e. The summed E-state index contributed by atoms with van der Waals surface area (Å²) in [5, 5.41) is 0.785. The molecule has 0 radical (unpaired) electrons. The highest BCUT2D eigenvalue weighted by atomic mass is 79.9. The summed E-state index contributed by atoms with van der Waals surface area (Å²) in [6, 6.07) is 9.84. The molecule has 0 fully saturated rings. The van der Waals surface area contributed by atoms with Crippen LogP contribution in [0.15, 0.2) is 34.8 Å². The van der Waals surface area contributed by atoms with Crippen LogP contribution in [0.3, 0.4) is 0 Å². The van der Waals surface area contributed by atoms with Crippen LogP contribution in [-0.2, 0) is 6.54 Å². The van der Waals surface area contributed by atoms with E-state index in [1.165, 1.54) is 0 Å². The molecule has 0 atom stereocenters. The van der Waals surface area contributed by atoms with E-state index in [9.17, 15) is 0 Å². The van der Waals surface area contributed by atoms with Crippen LogP contribution in [0.2, 0.25) is 5.02 Å². The van der Waals surface area contributed by atoms with Crippen molar-refractivity contribution in [3.05, 3.63) is 56.5 Å². The number of benzene rings is 2. The van der Waals surface area contributed by atoms with Gasteiger partial charge in [0, 0.05) is 11.6 Å². The van der Waals surface area contributed by atoms with E-state index in [0.29, 0.717) is 12.5 Å². The van der Waals surface area contributed by atoms with Crippen LogP contribution in [0.25, 0.3) is 0 Å². The zero-order valence-electron chi connectivity index (χ0n) is 12.4. The first-order valence-electron chi connectivity index (χ1n) is 6.88. The zero-order valence-corrected chi connectivity index (χ0v) is 14.8. The van der Waals surface area contributed by atoms with E-state index in [2.05, 4.69) is 29.8 Å². The van der Waals surface area contributed by atoms with Crippen molar-refractivity contribution in [3.63, 3.8) is 0 Å². The molecule has 0 saturated heterocycles. The van der Waals surface area contributed by atoms with Crippen LogP contribution in [0.1, 0.15) is 36.5 Å². The van der Waals surface area contributed by atoms with Gasteiger partial charge in [-0.05, 0) is 69.7 Å². The normalized spacial score (nSPS) is 11.0. The summed E-state index contributed by atoms with van der Waals surface area (Å²) >= 11 is 9.82. The summed E-state index contributed by atoms with van der Waals surface area (Å²) in [4.78, 5) is 0. The van der Waals surface area contributed by atoms with Crippen molar-refractivity contribution in [1.29, 1.82) is 0 Å². The monoisotopic (exact) mass is 367 g/mol. The first-order chi connectivity index (χ1) is 9.92. The maximum atomic E-state index is 6.29. The van der Waals surface area contributed by atoms with Gasteiger partial charge in [-0.15, -0.1) is 0 Å². The molecule has 21 heavy (non-hydrogen) atoms. The number of nitrogens with two attached hydrogens (primary N) is 1. The lowest BCUT2D eigenvalue weighted by Crippen LogP contribution is -1.97. The maximum absolute atomic E-state index is 6.29. The molecule has 0 bridgehead atoms. The van der Waals surface area contributed by atoms with Crippen molar-refractivity contribution < 1.29 is 4.74 Å². The molecule has 2 rings (SSSR count). The van der Waals surface area contributed by atoms with Crippen LogP contribution in [0, 0.1) is 6.92 Å². The first-order valence-corrected chi connectivity index (χ1v) is 8.06. The van der Waals surface area contributed by atoms with Crippen molar-refractivity contribution in [2.24, 2.45) is 5.73 Å². The summed E-state index contributed by atoms with van der Waals surface area (Å²) in [6.07, 6.45) is 0. The molecule has 0 aliphatic carbocycles. The molecule has 2 N–H and O–H groups in total. The molecule has 112 valence electrons. The minimum absolute atomic E-state index is 0.350. The average molecular weight is 369 g/mol. The van der Waals surface area contributed by atoms with Gasteiger partial charge in [-0.1, -0.05) is 31.5 Å². The van der Waals surface area contributed by atoms with Crippen LogP contribution < -0.4 is 10.5 Å². The van der Waals surface area contributed by atoms with Gasteiger partial charge in [-0.25, -0.2) is 0 Å². The Labute approximate surface area is 139 Å². The summed E-state index contributed by atoms with van der Waals surface area (Å²) in [6.45, 7) is 6.74. The molecule has 2 aromatic rings. The Morgan fingerprint density at radius 3 is 2.48 bits per heavy atom. The Morgan fingerprint density at radius 2 is 1.90 bits per heavy atom. The predicted octanol–water partition coefficient (Wildman–Crippen LogP) is 5.79. The lowest BCUT2D eigenvalue weighted by atomic mass is 10.0. The Balaban J connectivity index is 2.37. The van der Waals surface area contributed by atoms with E-state index >= 15 is 0 Å². The van der Waals surface area contributed by atoms with Crippen molar-refractivity contribution in [1.82, 2.24) is 0 Å². The third-order valence-corrected chi connectivity index (χ3v) is 4.32. The van der Waals surface area contributed by atoms with E-state index in [0.717, 1.165) is 37.7 Å². The summed E-state index contributed by atoms with van der Waals surface area (Å²) < 4.78 is 6.93. The number of aryl methyl sites for hydroxylation is 1. The summed E-state index contributed by atoms with van der Waals surface area (Å²) in [7, 11) is 0. The Bertz CT molecular complexity index is 655. The quantitative estimate of drug-likeness (QED) is 0.741. The molecular weight excluding hydrogens is 350 g/mol. The van der Waals surface area contributed by atoms with Crippen LogP contribution >= 0.6 is 27.5 Å². The molecule has 2 nitrogen and oxygen atoms in total. The highest BCUT2D eigenvalue weighted by Crippen LogP contribution is 2.36. The molecule has 4 heteroatoms. The van der Waals surface area contributed by atoms with Crippen molar-refractivity contribution in [2.75, 3.05) is 0 Å². The molecule has 2 aromatic carbocycles. The van der Waals surface area contributed by atoms with Crippen LogP contribution in [0.4, 0.5) is 0 Å². The van der Waals surface area contributed by atoms with Crippen molar-refractivity contribution in [3.8, 4) is 11.5 Å². The van der Waals surface area contributed by atoms with Gasteiger partial charge < -0.3 is 10.5 Å². The van der Waals surface area contributed by atoms with Gasteiger partial charge >= 0.3 is 0 Å². The van der Waals surface area contributed by atoms with E-state index in [-0.39, 0.29) is 0 Å². The number of ether oxygens (including phenoxy) is 1. The second kappa shape index (κ2) is 6.82. The van der Waals surface area contributed by atoms with Crippen molar-refractivity contribution in [2.45, 2.75) is 33.2 Å². The molecule has 0 heterocycles. The Hall–Kier alpha value is -1.03. The van der Waals surface area contributed by atoms with Crippen molar-refractivity contribution >= 4 is 27.5 Å². The topological polar surface area (TPSA) is 35.2 Å². The SMILES string of the molecule is Cc1cc(Cl)c(C(C)C)cc1Oc1ccc(CN)cc1Br. The molecule has 0 spiro atoms. The average Bonchev–Trinajstić information content (AvgIpc) is 2.43. The fraction of sp³-hybridized carbons (Fsp3) is 0.294. The molecule has 0 amide bonds. The highest BCUT2D eigenvalue weighted by molar-refractivity contribution is 9.10. The third-order valence-electron chi connectivity index (χ3n) is 3.37. The third kappa shape index (κ3) is 3.79. The second-order valence-electron chi connectivity index (χ2n) is 5.36.